The molecule has 0 aliphatic rings. The lowest BCUT2D eigenvalue weighted by atomic mass is 9.96. The molecular formula is C28H36F3N9O7. The zero-order valence-electron chi connectivity index (χ0n) is 24.8. The second-order valence-corrected chi connectivity index (χ2v) is 9.72. The number of amides is 4. The molecule has 0 heterocycles. The van der Waals surface area contributed by atoms with Crippen molar-refractivity contribution in [1.29, 1.82) is 10.8 Å². The lowest BCUT2D eigenvalue weighted by Crippen LogP contribution is -2.56. The minimum Gasteiger partial charge on any atom is -0.475 e. The number of alkyl halides is 3. The zero-order chi connectivity index (χ0) is 35.7. The van der Waals surface area contributed by atoms with Gasteiger partial charge >= 0.3 is 12.1 Å². The van der Waals surface area contributed by atoms with E-state index in [9.17, 15) is 37.5 Å². The zero-order valence-corrected chi connectivity index (χ0v) is 24.8. The van der Waals surface area contributed by atoms with Crippen LogP contribution in [0.3, 0.4) is 0 Å². The summed E-state index contributed by atoms with van der Waals surface area (Å²) < 4.78 is 31.7. The van der Waals surface area contributed by atoms with Gasteiger partial charge in [-0.2, -0.15) is 13.2 Å². The van der Waals surface area contributed by atoms with E-state index in [1.54, 1.807) is 54.6 Å². The first kappa shape index (κ1) is 39.3. The van der Waals surface area contributed by atoms with Gasteiger partial charge < -0.3 is 48.7 Å². The Bertz CT molecular complexity index is 1410. The Morgan fingerprint density at radius 1 is 0.830 bits per heavy atom. The molecule has 0 saturated carbocycles. The van der Waals surface area contributed by atoms with Crippen LogP contribution in [0, 0.1) is 16.7 Å². The van der Waals surface area contributed by atoms with Crippen molar-refractivity contribution in [3.63, 3.8) is 0 Å². The molecular weight excluding hydrogens is 631 g/mol. The molecule has 2 unspecified atom stereocenters. The number of nitrogens with two attached hydrogens (primary N) is 3. The summed E-state index contributed by atoms with van der Waals surface area (Å²) in [6.07, 6.45) is -4.69. The number of carboxylic acids is 1. The normalized spacial score (nSPS) is 12.5. The van der Waals surface area contributed by atoms with Crippen LogP contribution in [0.4, 0.5) is 18.9 Å². The van der Waals surface area contributed by atoms with Gasteiger partial charge in [0.1, 0.15) is 23.8 Å². The SMILES string of the molecule is N=C(N)NCCC[C@H](NC(=O)C(CO)NC(=O)C(Cc1ccc(C(=N)N)cc1)C(=O)Nc1ccccc1)C(N)=O.O=C(O)C(F)(F)F. The number of primary amides is 1. The first-order valence-electron chi connectivity index (χ1n) is 13.6. The van der Waals surface area contributed by atoms with Crippen molar-refractivity contribution in [2.45, 2.75) is 37.5 Å². The molecule has 2 rings (SSSR count). The predicted octanol–water partition coefficient (Wildman–Crippen LogP) is -0.888. The van der Waals surface area contributed by atoms with E-state index < -0.39 is 60.4 Å². The summed E-state index contributed by atoms with van der Waals surface area (Å²) in [6, 6.07) is 12.3. The highest BCUT2D eigenvalue weighted by molar-refractivity contribution is 6.07. The highest BCUT2D eigenvalue weighted by Gasteiger charge is 2.38. The molecule has 256 valence electrons. The second kappa shape index (κ2) is 18.9. The number of amidine groups is 1. The number of aliphatic carboxylic acids is 1. The lowest BCUT2D eigenvalue weighted by molar-refractivity contribution is -0.192. The fraction of sp³-hybridized carbons (Fsp3) is 0.321. The van der Waals surface area contributed by atoms with Crippen molar-refractivity contribution >= 4 is 47.1 Å². The number of carbonyl (C=O) groups excluding carboxylic acids is 4. The van der Waals surface area contributed by atoms with Gasteiger partial charge in [0, 0.05) is 17.8 Å². The molecule has 2 aromatic carbocycles. The average molecular weight is 668 g/mol. The second-order valence-electron chi connectivity index (χ2n) is 9.72. The van der Waals surface area contributed by atoms with E-state index in [1.807, 2.05) is 0 Å². The molecule has 0 aliphatic carbocycles. The number of carbonyl (C=O) groups is 5. The number of nitrogens with one attached hydrogen (secondary N) is 6. The number of hydrogen-bond donors (Lipinski definition) is 11. The number of hydrogen-bond acceptors (Lipinski definition) is 8. The first-order valence-corrected chi connectivity index (χ1v) is 13.6. The van der Waals surface area contributed by atoms with Crippen LogP contribution in [-0.4, -0.2) is 83.0 Å². The monoisotopic (exact) mass is 667 g/mol. The van der Waals surface area contributed by atoms with Crippen molar-refractivity contribution in [2.75, 3.05) is 18.5 Å². The number of aliphatic hydroxyl groups is 1. The van der Waals surface area contributed by atoms with Crippen LogP contribution in [0.5, 0.6) is 0 Å². The molecule has 0 saturated heterocycles. The highest BCUT2D eigenvalue weighted by Crippen LogP contribution is 2.15. The van der Waals surface area contributed by atoms with Crippen molar-refractivity contribution in [1.82, 2.24) is 16.0 Å². The van der Waals surface area contributed by atoms with Crippen molar-refractivity contribution in [3.8, 4) is 0 Å². The van der Waals surface area contributed by atoms with E-state index in [1.165, 1.54) is 0 Å². The number of anilines is 1. The maximum atomic E-state index is 13.3. The Balaban J connectivity index is 0.00000141. The van der Waals surface area contributed by atoms with Gasteiger partial charge in [-0.15, -0.1) is 0 Å². The maximum Gasteiger partial charge on any atom is 0.490 e. The van der Waals surface area contributed by atoms with E-state index in [-0.39, 0.29) is 31.2 Å². The molecule has 47 heavy (non-hydrogen) atoms. The van der Waals surface area contributed by atoms with Crippen molar-refractivity contribution in [2.24, 2.45) is 23.1 Å². The third kappa shape index (κ3) is 14.7. The molecule has 14 N–H and O–H groups in total. The van der Waals surface area contributed by atoms with Crippen LogP contribution < -0.4 is 38.5 Å². The number of aliphatic hydroxyl groups excluding tert-OH is 1. The number of carboxylic acid groups (broad SMARTS) is 1. The molecule has 0 radical (unpaired) electrons. The smallest absolute Gasteiger partial charge is 0.475 e. The predicted molar refractivity (Wildman–Crippen MR) is 163 cm³/mol. The Labute approximate surface area is 266 Å². The molecule has 0 bridgehead atoms. The Kier molecular flexibility index (Phi) is 15.8. The molecule has 0 fully saturated rings. The first-order chi connectivity index (χ1) is 22.0. The summed E-state index contributed by atoms with van der Waals surface area (Å²) in [5, 5.41) is 41.6. The van der Waals surface area contributed by atoms with Crippen LogP contribution in [0.25, 0.3) is 0 Å². The fourth-order valence-corrected chi connectivity index (χ4v) is 3.66. The van der Waals surface area contributed by atoms with E-state index in [0.717, 1.165) is 0 Å². The van der Waals surface area contributed by atoms with Crippen molar-refractivity contribution in [3.05, 3.63) is 65.7 Å². The summed E-state index contributed by atoms with van der Waals surface area (Å²) in [7, 11) is 0. The minimum atomic E-state index is -5.08. The molecule has 4 amide bonds. The number of guanidine groups is 1. The van der Waals surface area contributed by atoms with Gasteiger partial charge in [-0.25, -0.2) is 4.79 Å². The number of benzene rings is 2. The van der Waals surface area contributed by atoms with Crippen LogP contribution in [0.2, 0.25) is 0 Å². The molecule has 16 nitrogen and oxygen atoms in total. The molecule has 3 atom stereocenters. The van der Waals surface area contributed by atoms with Gasteiger partial charge in [-0.3, -0.25) is 30.0 Å². The van der Waals surface area contributed by atoms with Crippen molar-refractivity contribution < 1.29 is 47.4 Å². The van der Waals surface area contributed by atoms with Crippen LogP contribution in [-0.2, 0) is 30.4 Å². The highest BCUT2D eigenvalue weighted by atomic mass is 19.4. The largest absolute Gasteiger partial charge is 0.490 e. The summed E-state index contributed by atoms with van der Waals surface area (Å²) in [5.41, 5.74) is 17.6. The summed E-state index contributed by atoms with van der Waals surface area (Å²) in [6.45, 7) is -0.546. The maximum absolute atomic E-state index is 13.3. The van der Waals surface area contributed by atoms with E-state index in [2.05, 4.69) is 21.3 Å². The van der Waals surface area contributed by atoms with Crippen LogP contribution in [0.15, 0.2) is 54.6 Å². The lowest BCUT2D eigenvalue weighted by Gasteiger charge is -2.23. The molecule has 0 spiro atoms. The van der Waals surface area contributed by atoms with E-state index in [4.69, 9.17) is 37.9 Å². The van der Waals surface area contributed by atoms with Gasteiger partial charge in [-0.05, 0) is 37.0 Å². The Morgan fingerprint density at radius 2 is 1.38 bits per heavy atom. The van der Waals surface area contributed by atoms with Crippen LogP contribution >= 0.6 is 0 Å². The van der Waals surface area contributed by atoms with Gasteiger partial charge in [0.15, 0.2) is 5.96 Å². The molecule has 0 aliphatic heterocycles. The van der Waals surface area contributed by atoms with E-state index >= 15 is 0 Å². The summed E-state index contributed by atoms with van der Waals surface area (Å²) >= 11 is 0. The fourth-order valence-electron chi connectivity index (χ4n) is 3.66. The summed E-state index contributed by atoms with van der Waals surface area (Å²) in [5.74, 6) is -7.63. The van der Waals surface area contributed by atoms with Gasteiger partial charge in [0.2, 0.25) is 23.6 Å². The quantitative estimate of drug-likeness (QED) is 0.0482. The average Bonchev–Trinajstić information content (AvgIpc) is 3.00. The number of nitrogen functional groups attached to an aromatic ring is 1. The van der Waals surface area contributed by atoms with Gasteiger partial charge in [0.25, 0.3) is 0 Å². The molecule has 2 aromatic rings. The number of halogens is 3. The standard InChI is InChI=1S/C26H35N9O5.C2HF3O2/c27-21(28)16-10-8-15(9-11-16)13-18(23(38)33-17-5-2-1-3-6-17)24(39)35-20(14-36)25(40)34-19(22(29)37)7-4-12-32-26(30)31;3-2(4,5)1(6)7/h1-3,5-6,8-11,18-20,36H,4,7,12-14H2,(H3,27,28)(H2,29,37)(H,33,38)(H,34,40)(H,35,39)(H4,30,31,32);(H,6,7)/t18?,19-,20?;/m0./s1. The van der Waals surface area contributed by atoms with Gasteiger partial charge in [-0.1, -0.05) is 42.5 Å². The topological polar surface area (TPSA) is 300 Å². The molecule has 19 heteroatoms. The third-order valence-corrected chi connectivity index (χ3v) is 6.08. The van der Waals surface area contributed by atoms with E-state index in [0.29, 0.717) is 23.2 Å². The third-order valence-electron chi connectivity index (χ3n) is 6.08. The Morgan fingerprint density at radius 3 is 1.85 bits per heavy atom. The van der Waals surface area contributed by atoms with Gasteiger partial charge in [0.05, 0.1) is 6.61 Å². The molecule has 0 aromatic heterocycles. The minimum absolute atomic E-state index is 0.0600. The Hall–Kier alpha value is -5.72. The number of para-hydroxylation sites is 1. The number of rotatable bonds is 15. The van der Waals surface area contributed by atoms with Crippen LogP contribution in [0.1, 0.15) is 24.0 Å². The summed E-state index contributed by atoms with van der Waals surface area (Å²) in [4.78, 5) is 60.0.